The smallest absolute Gasteiger partial charge is 0.304 e. The van der Waals surface area contributed by atoms with Crippen LogP contribution in [-0.4, -0.2) is 88.2 Å². The third-order valence-corrected chi connectivity index (χ3v) is 7.66. The van der Waals surface area contributed by atoms with Gasteiger partial charge in [-0.1, -0.05) is 0 Å². The van der Waals surface area contributed by atoms with Crippen LogP contribution in [0.1, 0.15) is 6.42 Å². The maximum absolute atomic E-state index is 13.5. The molecule has 0 aliphatic carbocycles. The Labute approximate surface area is 155 Å². The molecule has 0 saturated carbocycles. The van der Waals surface area contributed by atoms with Gasteiger partial charge in [0.05, 0.1) is 6.42 Å². The highest BCUT2D eigenvalue weighted by molar-refractivity contribution is 7.61. The van der Waals surface area contributed by atoms with E-state index < -0.39 is 36.9 Å². The number of carboxylic acids is 1. The molecule has 0 aromatic carbocycles. The van der Waals surface area contributed by atoms with E-state index >= 15 is 0 Å². The van der Waals surface area contributed by atoms with Crippen molar-refractivity contribution in [3.63, 3.8) is 0 Å². The maximum atomic E-state index is 13.5. The van der Waals surface area contributed by atoms with Gasteiger partial charge in [-0.3, -0.25) is 38.4 Å². The fourth-order valence-electron chi connectivity index (χ4n) is 2.71. The molecule has 4 amide bonds. The molecule has 146 valence electrons. The van der Waals surface area contributed by atoms with E-state index in [1.165, 1.54) is 11.7 Å². The van der Waals surface area contributed by atoms with Crippen molar-refractivity contribution in [1.82, 2.24) is 14.5 Å². The number of hydrogen-bond acceptors (Lipinski definition) is 6. The zero-order chi connectivity index (χ0) is 20.2. The Morgan fingerprint density at radius 2 is 1.30 bits per heavy atom. The standard InChI is InChI=1S/C16H20N3O7P/c1-17(7-6-16(24)25)27(26,10-8-18-12(20)2-3-13(18)21)11-9-19-14(22)4-5-15(19)23/h2-5H,6-11H2,1H3,(H,24,25). The van der Waals surface area contributed by atoms with E-state index in [0.717, 1.165) is 34.1 Å². The summed E-state index contributed by atoms with van der Waals surface area (Å²) < 4.78 is 14.8. The molecule has 11 heteroatoms. The predicted octanol–water partition coefficient (Wildman–Crippen LogP) is -0.479. The Balaban J connectivity index is 2.07. The quantitative estimate of drug-likeness (QED) is 0.386. The van der Waals surface area contributed by atoms with Gasteiger partial charge in [0.25, 0.3) is 23.6 Å². The van der Waals surface area contributed by atoms with Crippen molar-refractivity contribution in [1.29, 1.82) is 0 Å². The van der Waals surface area contributed by atoms with Crippen molar-refractivity contribution in [3.8, 4) is 0 Å². The first-order chi connectivity index (χ1) is 12.6. The van der Waals surface area contributed by atoms with Crippen LogP contribution in [0.25, 0.3) is 0 Å². The summed E-state index contributed by atoms with van der Waals surface area (Å²) in [5.41, 5.74) is 0. The number of aliphatic carboxylic acids is 1. The maximum Gasteiger partial charge on any atom is 0.304 e. The molecule has 27 heavy (non-hydrogen) atoms. The SMILES string of the molecule is CN(CCC(=O)O)P(=O)(CCN1C(=O)C=CC1=O)CCN1C(=O)C=CC1=O. The van der Waals surface area contributed by atoms with Crippen molar-refractivity contribution in [2.75, 3.05) is 39.0 Å². The lowest BCUT2D eigenvalue weighted by molar-refractivity contribution is -0.138. The zero-order valence-electron chi connectivity index (χ0n) is 14.7. The molecule has 0 radical (unpaired) electrons. The molecule has 2 aliphatic heterocycles. The third-order valence-electron chi connectivity index (χ3n) is 4.42. The van der Waals surface area contributed by atoms with Gasteiger partial charge in [0.2, 0.25) is 0 Å². The number of imide groups is 2. The number of amides is 4. The summed E-state index contributed by atoms with van der Waals surface area (Å²) in [7, 11) is -1.77. The summed E-state index contributed by atoms with van der Waals surface area (Å²) >= 11 is 0. The Morgan fingerprint density at radius 3 is 1.63 bits per heavy atom. The number of carbonyl (C=O) groups excluding carboxylic acids is 4. The molecule has 1 N–H and O–H groups in total. The van der Waals surface area contributed by atoms with Crippen LogP contribution in [-0.2, 0) is 28.5 Å². The van der Waals surface area contributed by atoms with Gasteiger partial charge in [-0.05, 0) is 7.05 Å². The topological polar surface area (TPSA) is 132 Å². The number of nitrogens with zero attached hydrogens (tertiary/aromatic N) is 3. The minimum atomic E-state index is -3.26. The van der Waals surface area contributed by atoms with E-state index in [-0.39, 0.29) is 38.4 Å². The summed E-state index contributed by atoms with van der Waals surface area (Å²) in [6.45, 7) is -0.202. The number of hydrogen-bond donors (Lipinski definition) is 1. The molecule has 0 spiro atoms. The van der Waals surface area contributed by atoms with Crippen LogP contribution in [0.3, 0.4) is 0 Å². The first-order valence-electron chi connectivity index (χ1n) is 8.22. The molecule has 0 aromatic rings. The molecule has 0 aromatic heterocycles. The van der Waals surface area contributed by atoms with Crippen LogP contribution in [0.5, 0.6) is 0 Å². The van der Waals surface area contributed by atoms with Gasteiger partial charge < -0.3 is 9.67 Å². The van der Waals surface area contributed by atoms with Gasteiger partial charge in [-0.2, -0.15) is 0 Å². The number of rotatable bonds is 10. The highest BCUT2D eigenvalue weighted by atomic mass is 31.2. The summed E-state index contributed by atoms with van der Waals surface area (Å²) in [5, 5.41) is 8.84. The lowest BCUT2D eigenvalue weighted by Crippen LogP contribution is -2.37. The second-order valence-corrected chi connectivity index (χ2v) is 9.41. The van der Waals surface area contributed by atoms with E-state index in [1.54, 1.807) is 0 Å². The number of carboxylic acid groups (broad SMARTS) is 1. The molecule has 2 aliphatic rings. The molecule has 0 fully saturated rings. The third kappa shape index (κ3) is 4.99. The Morgan fingerprint density at radius 1 is 0.926 bits per heavy atom. The van der Waals surface area contributed by atoms with Crippen molar-refractivity contribution >= 4 is 36.9 Å². The first kappa shape index (κ1) is 20.7. The molecule has 2 heterocycles. The minimum absolute atomic E-state index is 0.00705. The number of carbonyl (C=O) groups is 5. The Bertz CT molecular complexity index is 703. The van der Waals surface area contributed by atoms with Crippen molar-refractivity contribution < 1.29 is 33.6 Å². The lowest BCUT2D eigenvalue weighted by Gasteiger charge is -2.30. The fraction of sp³-hybridized carbons (Fsp3) is 0.438. The zero-order valence-corrected chi connectivity index (χ0v) is 15.6. The Kier molecular flexibility index (Phi) is 6.45. The van der Waals surface area contributed by atoms with Crippen molar-refractivity contribution in [2.45, 2.75) is 6.42 Å². The van der Waals surface area contributed by atoms with E-state index in [2.05, 4.69) is 0 Å². The largest absolute Gasteiger partial charge is 0.481 e. The summed E-state index contributed by atoms with van der Waals surface area (Å²) in [6.07, 6.45) is 4.11. The van der Waals surface area contributed by atoms with Gasteiger partial charge in [0.15, 0.2) is 7.29 Å². The van der Waals surface area contributed by atoms with Crippen molar-refractivity contribution in [3.05, 3.63) is 24.3 Å². The van der Waals surface area contributed by atoms with Crippen LogP contribution in [0.4, 0.5) is 0 Å². The van der Waals surface area contributed by atoms with E-state index in [0.29, 0.717) is 0 Å². The van der Waals surface area contributed by atoms with Crippen molar-refractivity contribution in [2.24, 2.45) is 0 Å². The Hall–Kier alpha value is -2.58. The van der Waals surface area contributed by atoms with Crippen LogP contribution in [0, 0.1) is 0 Å². The molecule has 0 bridgehead atoms. The highest BCUT2D eigenvalue weighted by Gasteiger charge is 2.34. The average Bonchev–Trinajstić information content (AvgIpc) is 3.10. The fourth-order valence-corrected chi connectivity index (χ4v) is 5.10. The normalized spacial score (nSPS) is 17.1. The molecule has 2 rings (SSSR count). The minimum Gasteiger partial charge on any atom is -0.481 e. The van der Waals surface area contributed by atoms with E-state index in [9.17, 15) is 28.5 Å². The molecular formula is C16H20N3O7P. The molecule has 10 nitrogen and oxygen atoms in total. The van der Waals surface area contributed by atoms with Gasteiger partial charge in [0, 0.05) is 56.3 Å². The van der Waals surface area contributed by atoms with Crippen LogP contribution < -0.4 is 0 Å². The summed E-state index contributed by atoms with van der Waals surface area (Å²) in [5.74, 6) is -3.08. The van der Waals surface area contributed by atoms with Crippen LogP contribution >= 0.6 is 7.29 Å². The predicted molar refractivity (Wildman–Crippen MR) is 93.9 cm³/mol. The van der Waals surface area contributed by atoms with Gasteiger partial charge in [-0.15, -0.1) is 0 Å². The summed E-state index contributed by atoms with van der Waals surface area (Å²) in [6, 6.07) is 0. The van der Waals surface area contributed by atoms with Gasteiger partial charge in [-0.25, -0.2) is 0 Å². The molecule has 0 unspecified atom stereocenters. The average molecular weight is 397 g/mol. The second-order valence-electron chi connectivity index (χ2n) is 6.14. The first-order valence-corrected chi connectivity index (χ1v) is 10.3. The van der Waals surface area contributed by atoms with Gasteiger partial charge in [0.1, 0.15) is 0 Å². The molecule has 0 saturated heterocycles. The van der Waals surface area contributed by atoms with Gasteiger partial charge >= 0.3 is 5.97 Å². The van der Waals surface area contributed by atoms with Crippen LogP contribution in [0.15, 0.2) is 24.3 Å². The molecule has 0 atom stereocenters. The lowest BCUT2D eigenvalue weighted by atomic mass is 10.4. The summed E-state index contributed by atoms with van der Waals surface area (Å²) in [4.78, 5) is 59.4. The highest BCUT2D eigenvalue weighted by Crippen LogP contribution is 2.48. The monoisotopic (exact) mass is 397 g/mol. The van der Waals surface area contributed by atoms with E-state index in [4.69, 9.17) is 5.11 Å². The van der Waals surface area contributed by atoms with Crippen LogP contribution in [0.2, 0.25) is 0 Å². The molecular weight excluding hydrogens is 377 g/mol. The van der Waals surface area contributed by atoms with E-state index in [1.807, 2.05) is 0 Å². The second kappa shape index (κ2) is 8.41.